The Morgan fingerprint density at radius 3 is 2.36 bits per heavy atom. The monoisotopic (exact) mass is 483 g/mol. The number of likely N-dealkylation sites (tertiary alicyclic amines) is 1. The molecule has 0 radical (unpaired) electrons. The van der Waals surface area contributed by atoms with E-state index in [4.69, 9.17) is 0 Å². The third-order valence-electron chi connectivity index (χ3n) is 7.68. The van der Waals surface area contributed by atoms with Gasteiger partial charge in [-0.3, -0.25) is 24.6 Å². The van der Waals surface area contributed by atoms with E-state index in [2.05, 4.69) is 10.6 Å². The normalized spacial score (nSPS) is 26.4. The maximum atomic E-state index is 13.8. The molecule has 0 bridgehead atoms. The van der Waals surface area contributed by atoms with E-state index < -0.39 is 23.4 Å². The van der Waals surface area contributed by atoms with Crippen LogP contribution < -0.4 is 10.6 Å². The zero-order valence-corrected chi connectivity index (χ0v) is 19.3. The molecule has 3 aromatic rings. The number of imide groups is 1. The predicted molar refractivity (Wildman–Crippen MR) is 131 cm³/mol. The van der Waals surface area contributed by atoms with Crippen LogP contribution in [0.4, 0.5) is 5.69 Å². The fourth-order valence-corrected chi connectivity index (χ4v) is 6.05. The van der Waals surface area contributed by atoms with Crippen LogP contribution in [-0.2, 0) is 32.8 Å². The number of para-hydroxylation sites is 1. The van der Waals surface area contributed by atoms with Crippen LogP contribution in [0.2, 0.25) is 0 Å². The SMILES string of the molecule is O=C1C2C(Cc3ccc(O)c(O)c3)NC3(C(=O)Nc4ccccc43)C2C(=O)N1CCc1ccccc1. The average Bonchev–Trinajstić information content (AvgIpc) is 3.45. The number of fused-ring (bicyclic) bond motifs is 4. The highest BCUT2D eigenvalue weighted by Gasteiger charge is 2.70. The summed E-state index contributed by atoms with van der Waals surface area (Å²) in [5.41, 5.74) is 1.61. The molecule has 4 N–H and O–H groups in total. The lowest BCUT2D eigenvalue weighted by atomic mass is 9.76. The second-order valence-electron chi connectivity index (χ2n) is 9.65. The van der Waals surface area contributed by atoms with Gasteiger partial charge in [-0.25, -0.2) is 0 Å². The van der Waals surface area contributed by atoms with E-state index in [1.807, 2.05) is 48.5 Å². The summed E-state index contributed by atoms with van der Waals surface area (Å²) in [5.74, 6) is -3.14. The van der Waals surface area contributed by atoms with Crippen LogP contribution in [0.15, 0.2) is 72.8 Å². The summed E-state index contributed by atoms with van der Waals surface area (Å²) in [6, 6.07) is 20.8. The Kier molecular flexibility index (Phi) is 5.08. The van der Waals surface area contributed by atoms with Crippen LogP contribution in [-0.4, -0.2) is 45.4 Å². The van der Waals surface area contributed by atoms with Gasteiger partial charge in [0.15, 0.2) is 11.5 Å². The van der Waals surface area contributed by atoms with E-state index in [0.717, 1.165) is 5.56 Å². The first-order chi connectivity index (χ1) is 17.4. The van der Waals surface area contributed by atoms with E-state index in [9.17, 15) is 24.6 Å². The molecule has 0 aromatic heterocycles. The van der Waals surface area contributed by atoms with Gasteiger partial charge >= 0.3 is 0 Å². The number of phenols is 2. The van der Waals surface area contributed by atoms with Crippen LogP contribution in [0.5, 0.6) is 11.5 Å². The lowest BCUT2D eigenvalue weighted by Gasteiger charge is -2.29. The van der Waals surface area contributed by atoms with E-state index >= 15 is 0 Å². The van der Waals surface area contributed by atoms with E-state index in [1.54, 1.807) is 12.1 Å². The van der Waals surface area contributed by atoms with Crippen molar-refractivity contribution in [2.75, 3.05) is 11.9 Å². The summed E-state index contributed by atoms with van der Waals surface area (Å²) in [4.78, 5) is 42.4. The van der Waals surface area contributed by atoms with Gasteiger partial charge in [-0.1, -0.05) is 54.6 Å². The van der Waals surface area contributed by atoms with Crippen molar-refractivity contribution >= 4 is 23.4 Å². The number of amides is 3. The quantitative estimate of drug-likeness (QED) is 0.327. The molecule has 3 heterocycles. The van der Waals surface area contributed by atoms with Crippen LogP contribution in [0.3, 0.4) is 0 Å². The topological polar surface area (TPSA) is 119 Å². The van der Waals surface area contributed by atoms with Crippen molar-refractivity contribution < 1.29 is 24.6 Å². The molecule has 2 saturated heterocycles. The summed E-state index contributed by atoms with van der Waals surface area (Å²) in [5, 5.41) is 26.0. The second kappa shape index (κ2) is 8.20. The summed E-state index contributed by atoms with van der Waals surface area (Å²) >= 11 is 0. The van der Waals surface area contributed by atoms with Gasteiger partial charge in [0.2, 0.25) is 17.7 Å². The van der Waals surface area contributed by atoms with Gasteiger partial charge in [0, 0.05) is 23.8 Å². The van der Waals surface area contributed by atoms with Crippen molar-refractivity contribution in [3.63, 3.8) is 0 Å². The number of carbonyl (C=O) groups is 3. The molecule has 4 atom stereocenters. The number of nitrogens with zero attached hydrogens (tertiary/aromatic N) is 1. The largest absolute Gasteiger partial charge is 0.504 e. The Morgan fingerprint density at radius 1 is 0.833 bits per heavy atom. The minimum absolute atomic E-state index is 0.237. The van der Waals surface area contributed by atoms with E-state index in [-0.39, 0.29) is 42.2 Å². The Labute approximate surface area is 207 Å². The zero-order valence-electron chi connectivity index (χ0n) is 19.3. The van der Waals surface area contributed by atoms with Crippen molar-refractivity contribution in [2.24, 2.45) is 11.8 Å². The van der Waals surface area contributed by atoms with E-state index in [0.29, 0.717) is 23.2 Å². The number of aromatic hydroxyl groups is 2. The molecule has 1 spiro atoms. The number of hydrogen-bond donors (Lipinski definition) is 4. The van der Waals surface area contributed by atoms with Crippen molar-refractivity contribution in [3.8, 4) is 11.5 Å². The Balaban J connectivity index is 1.39. The van der Waals surface area contributed by atoms with Gasteiger partial charge in [0.1, 0.15) is 5.54 Å². The molecule has 0 aliphatic carbocycles. The summed E-state index contributed by atoms with van der Waals surface area (Å²) < 4.78 is 0. The van der Waals surface area contributed by atoms with Crippen molar-refractivity contribution in [1.82, 2.24) is 10.2 Å². The molecule has 182 valence electrons. The van der Waals surface area contributed by atoms with Gasteiger partial charge in [-0.15, -0.1) is 0 Å². The smallest absolute Gasteiger partial charge is 0.250 e. The van der Waals surface area contributed by atoms with Crippen molar-refractivity contribution in [1.29, 1.82) is 0 Å². The second-order valence-corrected chi connectivity index (χ2v) is 9.65. The lowest BCUT2D eigenvalue weighted by Crippen LogP contribution is -2.53. The number of nitrogens with one attached hydrogen (secondary N) is 2. The number of rotatable bonds is 5. The maximum absolute atomic E-state index is 13.8. The molecule has 8 heteroatoms. The highest BCUT2D eigenvalue weighted by atomic mass is 16.3. The highest BCUT2D eigenvalue weighted by molar-refractivity contribution is 6.15. The Hall–Kier alpha value is -4.17. The van der Waals surface area contributed by atoms with Gasteiger partial charge < -0.3 is 15.5 Å². The molecule has 3 amide bonds. The third-order valence-corrected chi connectivity index (χ3v) is 7.68. The molecule has 3 aromatic carbocycles. The molecule has 3 aliphatic heterocycles. The van der Waals surface area contributed by atoms with Gasteiger partial charge in [-0.05, 0) is 42.2 Å². The van der Waals surface area contributed by atoms with E-state index in [1.165, 1.54) is 17.0 Å². The first kappa shape index (κ1) is 22.3. The Bertz CT molecular complexity index is 1390. The number of benzene rings is 3. The standard InChI is InChI=1S/C28H25N3O5/c32-21-11-10-17(15-22(21)33)14-20-23-24(28(30-20)18-8-4-5-9-19(18)29-27(28)36)26(35)31(25(23)34)13-12-16-6-2-1-3-7-16/h1-11,15,20,23-24,30,32-33H,12-14H2,(H,29,36). The lowest BCUT2D eigenvalue weighted by molar-refractivity contribution is -0.142. The van der Waals surface area contributed by atoms with Gasteiger partial charge in [0.25, 0.3) is 0 Å². The minimum Gasteiger partial charge on any atom is -0.504 e. The fraction of sp³-hybridized carbons (Fsp3) is 0.250. The molecule has 0 saturated carbocycles. The van der Waals surface area contributed by atoms with Crippen LogP contribution in [0, 0.1) is 11.8 Å². The molecule has 6 rings (SSSR count). The number of carbonyl (C=O) groups excluding carboxylic acids is 3. The minimum atomic E-state index is -1.36. The van der Waals surface area contributed by atoms with Crippen molar-refractivity contribution in [2.45, 2.75) is 24.4 Å². The van der Waals surface area contributed by atoms with Crippen LogP contribution in [0.25, 0.3) is 0 Å². The Morgan fingerprint density at radius 2 is 1.58 bits per heavy atom. The molecular formula is C28H25N3O5. The number of hydrogen-bond acceptors (Lipinski definition) is 6. The first-order valence-electron chi connectivity index (χ1n) is 12.0. The maximum Gasteiger partial charge on any atom is 0.250 e. The summed E-state index contributed by atoms with van der Waals surface area (Å²) in [6.45, 7) is 0.237. The molecule has 2 fully saturated rings. The van der Waals surface area contributed by atoms with Crippen LogP contribution >= 0.6 is 0 Å². The fourth-order valence-electron chi connectivity index (χ4n) is 6.05. The van der Waals surface area contributed by atoms with Gasteiger partial charge in [-0.2, -0.15) is 0 Å². The van der Waals surface area contributed by atoms with Gasteiger partial charge in [0.05, 0.1) is 11.8 Å². The number of phenolic OH excluding ortho intramolecular Hbond substituents is 2. The molecular weight excluding hydrogens is 458 g/mol. The predicted octanol–water partition coefficient (Wildman–Crippen LogP) is 2.30. The zero-order chi connectivity index (χ0) is 25.0. The first-order valence-corrected chi connectivity index (χ1v) is 12.0. The molecule has 4 unspecified atom stereocenters. The van der Waals surface area contributed by atoms with Crippen LogP contribution in [0.1, 0.15) is 16.7 Å². The molecule has 3 aliphatic rings. The summed E-state index contributed by atoms with van der Waals surface area (Å²) in [7, 11) is 0. The third kappa shape index (κ3) is 3.21. The summed E-state index contributed by atoms with van der Waals surface area (Å²) in [6.07, 6.45) is 0.815. The molecule has 8 nitrogen and oxygen atoms in total. The average molecular weight is 484 g/mol. The number of anilines is 1. The highest BCUT2D eigenvalue weighted by Crippen LogP contribution is 2.53. The van der Waals surface area contributed by atoms with Crippen molar-refractivity contribution in [3.05, 3.63) is 89.5 Å². The molecule has 36 heavy (non-hydrogen) atoms.